The molecule has 2 aromatic rings. The normalized spacial score (nSPS) is 11.4. The molecule has 1 aromatic carbocycles. The van der Waals surface area contributed by atoms with Gasteiger partial charge >= 0.3 is 5.97 Å². The Morgan fingerprint density at radius 1 is 1.25 bits per heavy atom. The molecule has 0 saturated carbocycles. The van der Waals surface area contributed by atoms with Crippen LogP contribution < -0.4 is 0 Å². The lowest BCUT2D eigenvalue weighted by Crippen LogP contribution is -2.10. The van der Waals surface area contributed by atoms with Gasteiger partial charge in [0, 0.05) is 6.20 Å². The van der Waals surface area contributed by atoms with E-state index < -0.39 is 0 Å². The van der Waals surface area contributed by atoms with Crippen molar-refractivity contribution in [3.05, 3.63) is 47.8 Å². The predicted octanol–water partition coefficient (Wildman–Crippen LogP) is 3.35. The van der Waals surface area contributed by atoms with Gasteiger partial charge < -0.3 is 4.74 Å². The van der Waals surface area contributed by atoms with Crippen LogP contribution in [0.5, 0.6) is 0 Å². The van der Waals surface area contributed by atoms with E-state index in [1.165, 1.54) is 11.8 Å². The molecular weight excluding hydrogens is 252 g/mol. The van der Waals surface area contributed by atoms with E-state index in [4.69, 9.17) is 4.74 Å². The number of carbonyl (C=O) groups is 1. The maximum absolute atomic E-state index is 11.6. The van der Waals surface area contributed by atoms with Crippen molar-refractivity contribution in [3.8, 4) is 5.69 Å². The van der Waals surface area contributed by atoms with E-state index in [1.54, 1.807) is 17.8 Å². The van der Waals surface area contributed by atoms with Crippen LogP contribution in [-0.4, -0.2) is 22.4 Å². The van der Waals surface area contributed by atoms with Gasteiger partial charge in [-0.05, 0) is 30.0 Å². The van der Waals surface area contributed by atoms with Crippen LogP contribution in [0.4, 0.5) is 0 Å². The van der Waals surface area contributed by atoms with Crippen molar-refractivity contribution in [3.63, 3.8) is 0 Å². The molecule has 4 nitrogen and oxygen atoms in total. The van der Waals surface area contributed by atoms with Crippen molar-refractivity contribution in [2.24, 2.45) is 0 Å². The zero-order chi connectivity index (χ0) is 14.8. The Hall–Kier alpha value is -2.10. The minimum atomic E-state index is -0.343. The molecule has 20 heavy (non-hydrogen) atoms. The van der Waals surface area contributed by atoms with Crippen LogP contribution >= 0.6 is 0 Å². The molecule has 0 bridgehead atoms. The van der Waals surface area contributed by atoms with E-state index in [2.05, 4.69) is 38.0 Å². The highest BCUT2D eigenvalue weighted by atomic mass is 16.5. The zero-order valence-electron chi connectivity index (χ0n) is 12.4. The van der Waals surface area contributed by atoms with Crippen molar-refractivity contribution in [2.45, 2.75) is 33.1 Å². The SMILES string of the molecule is CCOC(=O)c1cnn(-c2ccc(C(C)(C)C)cc2)c1. The molecule has 0 N–H and O–H groups in total. The molecule has 0 atom stereocenters. The first kappa shape index (κ1) is 14.3. The summed E-state index contributed by atoms with van der Waals surface area (Å²) in [6.45, 7) is 8.68. The van der Waals surface area contributed by atoms with Crippen LogP contribution in [0.2, 0.25) is 0 Å². The molecule has 0 fully saturated rings. The van der Waals surface area contributed by atoms with E-state index in [1.807, 2.05) is 12.1 Å². The first-order valence-electron chi connectivity index (χ1n) is 6.74. The molecular formula is C16H20N2O2. The van der Waals surface area contributed by atoms with E-state index in [9.17, 15) is 4.79 Å². The number of esters is 1. The lowest BCUT2D eigenvalue weighted by atomic mass is 9.87. The molecule has 0 aliphatic rings. The van der Waals surface area contributed by atoms with Gasteiger partial charge in [0.05, 0.1) is 24.1 Å². The van der Waals surface area contributed by atoms with Gasteiger partial charge in [0.2, 0.25) is 0 Å². The van der Waals surface area contributed by atoms with E-state index in [0.717, 1.165) is 5.69 Å². The van der Waals surface area contributed by atoms with Gasteiger partial charge in [-0.3, -0.25) is 0 Å². The summed E-state index contributed by atoms with van der Waals surface area (Å²) in [6, 6.07) is 8.17. The second-order valence-electron chi connectivity index (χ2n) is 5.69. The molecule has 0 aliphatic heterocycles. The first-order chi connectivity index (χ1) is 9.41. The fourth-order valence-corrected chi connectivity index (χ4v) is 1.90. The summed E-state index contributed by atoms with van der Waals surface area (Å²) in [4.78, 5) is 11.6. The molecule has 106 valence electrons. The summed E-state index contributed by atoms with van der Waals surface area (Å²) in [5.74, 6) is -0.343. The quantitative estimate of drug-likeness (QED) is 0.805. The van der Waals surface area contributed by atoms with E-state index >= 15 is 0 Å². The van der Waals surface area contributed by atoms with Gasteiger partial charge in [0.1, 0.15) is 0 Å². The maximum atomic E-state index is 11.6. The third-order valence-corrected chi connectivity index (χ3v) is 3.09. The topological polar surface area (TPSA) is 44.1 Å². The van der Waals surface area contributed by atoms with Gasteiger partial charge in [-0.2, -0.15) is 5.10 Å². The Labute approximate surface area is 119 Å². The molecule has 0 unspecified atom stereocenters. The second kappa shape index (κ2) is 5.49. The Balaban J connectivity index is 2.22. The van der Waals surface area contributed by atoms with E-state index in [-0.39, 0.29) is 11.4 Å². The van der Waals surface area contributed by atoms with Gasteiger partial charge in [0.25, 0.3) is 0 Å². The molecule has 0 radical (unpaired) electrons. The molecule has 0 saturated heterocycles. The van der Waals surface area contributed by atoms with Gasteiger partial charge in [-0.25, -0.2) is 9.48 Å². The molecule has 0 amide bonds. The van der Waals surface area contributed by atoms with Crippen LogP contribution in [0.1, 0.15) is 43.6 Å². The van der Waals surface area contributed by atoms with Crippen LogP contribution in [0.25, 0.3) is 5.69 Å². The number of ether oxygens (including phenoxy) is 1. The highest BCUT2D eigenvalue weighted by molar-refractivity contribution is 5.88. The molecule has 2 rings (SSSR count). The van der Waals surface area contributed by atoms with Crippen molar-refractivity contribution >= 4 is 5.97 Å². The van der Waals surface area contributed by atoms with Crippen molar-refractivity contribution in [1.29, 1.82) is 0 Å². The maximum Gasteiger partial charge on any atom is 0.341 e. The summed E-state index contributed by atoms with van der Waals surface area (Å²) >= 11 is 0. The molecule has 1 aromatic heterocycles. The van der Waals surface area contributed by atoms with Gasteiger partial charge in [-0.1, -0.05) is 32.9 Å². The second-order valence-corrected chi connectivity index (χ2v) is 5.69. The third-order valence-electron chi connectivity index (χ3n) is 3.09. The summed E-state index contributed by atoms with van der Waals surface area (Å²) in [5, 5.41) is 4.20. The highest BCUT2D eigenvalue weighted by Crippen LogP contribution is 2.23. The largest absolute Gasteiger partial charge is 0.462 e. The number of hydrogen-bond donors (Lipinski definition) is 0. The summed E-state index contributed by atoms with van der Waals surface area (Å²) in [7, 11) is 0. The minimum absolute atomic E-state index is 0.124. The summed E-state index contributed by atoms with van der Waals surface area (Å²) in [6.07, 6.45) is 3.21. The first-order valence-corrected chi connectivity index (χ1v) is 6.74. The van der Waals surface area contributed by atoms with E-state index in [0.29, 0.717) is 12.2 Å². The number of benzene rings is 1. The fourth-order valence-electron chi connectivity index (χ4n) is 1.90. The Bertz CT molecular complexity index is 592. The fraction of sp³-hybridized carbons (Fsp3) is 0.375. The summed E-state index contributed by atoms with van der Waals surface area (Å²) < 4.78 is 6.63. The lowest BCUT2D eigenvalue weighted by molar-refractivity contribution is 0.0526. The third kappa shape index (κ3) is 3.07. The highest BCUT2D eigenvalue weighted by Gasteiger charge is 2.14. The van der Waals surface area contributed by atoms with Crippen LogP contribution in [0, 0.1) is 0 Å². The smallest absolute Gasteiger partial charge is 0.341 e. The summed E-state index contributed by atoms with van der Waals surface area (Å²) in [5.41, 5.74) is 2.78. The lowest BCUT2D eigenvalue weighted by Gasteiger charge is -2.19. The van der Waals surface area contributed by atoms with Gasteiger partial charge in [0.15, 0.2) is 0 Å². The zero-order valence-corrected chi connectivity index (χ0v) is 12.4. The molecule has 1 heterocycles. The van der Waals surface area contributed by atoms with Crippen molar-refractivity contribution in [1.82, 2.24) is 9.78 Å². The minimum Gasteiger partial charge on any atom is -0.462 e. The molecule has 0 spiro atoms. The number of carbonyl (C=O) groups excluding carboxylic acids is 1. The average Bonchev–Trinajstić information content (AvgIpc) is 2.88. The average molecular weight is 272 g/mol. The Kier molecular flexibility index (Phi) is 3.93. The Morgan fingerprint density at radius 2 is 1.90 bits per heavy atom. The van der Waals surface area contributed by atoms with Gasteiger partial charge in [-0.15, -0.1) is 0 Å². The predicted molar refractivity (Wildman–Crippen MR) is 78.2 cm³/mol. The van der Waals surface area contributed by atoms with Crippen molar-refractivity contribution in [2.75, 3.05) is 6.61 Å². The molecule has 4 heteroatoms. The number of aromatic nitrogens is 2. The molecule has 0 aliphatic carbocycles. The number of hydrogen-bond acceptors (Lipinski definition) is 3. The monoisotopic (exact) mass is 272 g/mol. The van der Waals surface area contributed by atoms with Crippen LogP contribution in [0.15, 0.2) is 36.7 Å². The number of rotatable bonds is 3. The standard InChI is InChI=1S/C16H20N2O2/c1-5-20-15(19)12-10-17-18(11-12)14-8-6-13(7-9-14)16(2,3)4/h6-11H,5H2,1-4H3. The van der Waals surface area contributed by atoms with Crippen LogP contribution in [-0.2, 0) is 10.2 Å². The Morgan fingerprint density at radius 3 is 2.45 bits per heavy atom. The number of nitrogens with zero attached hydrogens (tertiary/aromatic N) is 2. The van der Waals surface area contributed by atoms with Crippen LogP contribution in [0.3, 0.4) is 0 Å². The van der Waals surface area contributed by atoms with Crippen molar-refractivity contribution < 1.29 is 9.53 Å².